The molecule has 2 atom stereocenters. The van der Waals surface area contributed by atoms with Crippen LogP contribution in [0.2, 0.25) is 0 Å². The summed E-state index contributed by atoms with van der Waals surface area (Å²) < 4.78 is 10.9. The van der Waals surface area contributed by atoms with Gasteiger partial charge < -0.3 is 24.4 Å². The van der Waals surface area contributed by atoms with E-state index in [0.717, 1.165) is 0 Å². The summed E-state index contributed by atoms with van der Waals surface area (Å²) in [6.45, 7) is 5.39. The molecule has 1 saturated heterocycles. The number of nitrogens with zero attached hydrogens (tertiary/aromatic N) is 2. The fourth-order valence-electron chi connectivity index (χ4n) is 3.76. The third-order valence-corrected chi connectivity index (χ3v) is 5.45. The molecular formula is C17H26N2O5. The second-order valence-electron chi connectivity index (χ2n) is 7.13. The fourth-order valence-corrected chi connectivity index (χ4v) is 3.76. The first kappa shape index (κ1) is 17.4. The van der Waals surface area contributed by atoms with E-state index in [1.165, 1.54) is 0 Å². The van der Waals surface area contributed by atoms with Gasteiger partial charge in [0.15, 0.2) is 5.69 Å². The van der Waals surface area contributed by atoms with Crippen molar-refractivity contribution in [2.24, 2.45) is 5.41 Å². The minimum absolute atomic E-state index is 0.0162. The van der Waals surface area contributed by atoms with Crippen molar-refractivity contribution in [2.75, 3.05) is 26.3 Å². The van der Waals surface area contributed by atoms with Crippen molar-refractivity contribution in [3.05, 3.63) is 17.5 Å². The number of ether oxygens (including phenoxy) is 1. The van der Waals surface area contributed by atoms with Gasteiger partial charge in [-0.05, 0) is 12.8 Å². The molecule has 134 valence electrons. The number of amides is 1. The predicted molar refractivity (Wildman–Crippen MR) is 85.6 cm³/mol. The van der Waals surface area contributed by atoms with Gasteiger partial charge in [-0.15, -0.1) is 0 Å². The maximum Gasteiger partial charge on any atom is 0.276 e. The zero-order valence-corrected chi connectivity index (χ0v) is 14.3. The van der Waals surface area contributed by atoms with Gasteiger partial charge in [0.1, 0.15) is 5.76 Å². The molecule has 0 bridgehead atoms. The molecule has 3 rings (SSSR count). The molecule has 1 aromatic heterocycles. The van der Waals surface area contributed by atoms with Gasteiger partial charge in [0.2, 0.25) is 0 Å². The van der Waals surface area contributed by atoms with E-state index in [0.29, 0.717) is 50.4 Å². The molecular weight excluding hydrogens is 312 g/mol. The molecule has 7 nitrogen and oxygen atoms in total. The Morgan fingerprint density at radius 1 is 1.50 bits per heavy atom. The maximum atomic E-state index is 12.6. The molecule has 24 heavy (non-hydrogen) atoms. The first-order chi connectivity index (χ1) is 11.5. The second-order valence-corrected chi connectivity index (χ2v) is 7.13. The number of hydrogen-bond donors (Lipinski definition) is 2. The van der Waals surface area contributed by atoms with Crippen LogP contribution >= 0.6 is 0 Å². The Kier molecular flexibility index (Phi) is 4.94. The van der Waals surface area contributed by atoms with Gasteiger partial charge >= 0.3 is 0 Å². The van der Waals surface area contributed by atoms with Crippen molar-refractivity contribution in [3.63, 3.8) is 0 Å². The summed E-state index contributed by atoms with van der Waals surface area (Å²) in [5, 5.41) is 23.0. The van der Waals surface area contributed by atoms with Crippen LogP contribution in [0, 0.1) is 5.41 Å². The van der Waals surface area contributed by atoms with E-state index in [9.17, 15) is 9.90 Å². The highest BCUT2D eigenvalue weighted by Crippen LogP contribution is 2.51. The molecule has 2 fully saturated rings. The van der Waals surface area contributed by atoms with Crippen LogP contribution in [-0.4, -0.2) is 64.7 Å². The van der Waals surface area contributed by atoms with Gasteiger partial charge in [0.05, 0.1) is 25.4 Å². The van der Waals surface area contributed by atoms with E-state index in [2.05, 4.69) is 5.16 Å². The number of carbonyl (C=O) groups excluding carboxylic acids is 1. The molecule has 1 spiro atoms. The summed E-state index contributed by atoms with van der Waals surface area (Å²) in [4.78, 5) is 14.3. The normalized spacial score (nSPS) is 26.0. The van der Waals surface area contributed by atoms with Crippen molar-refractivity contribution in [3.8, 4) is 0 Å². The first-order valence-electron chi connectivity index (χ1n) is 8.64. The van der Waals surface area contributed by atoms with Crippen molar-refractivity contribution in [1.82, 2.24) is 10.1 Å². The van der Waals surface area contributed by atoms with Crippen LogP contribution in [0.15, 0.2) is 10.6 Å². The number of aliphatic hydroxyl groups is 2. The monoisotopic (exact) mass is 338 g/mol. The first-order valence-corrected chi connectivity index (χ1v) is 8.64. The highest BCUT2D eigenvalue weighted by molar-refractivity contribution is 5.92. The molecule has 0 aromatic carbocycles. The number of likely N-dealkylation sites (tertiary alicyclic amines) is 1. The summed E-state index contributed by atoms with van der Waals surface area (Å²) in [6, 6.07) is 1.71. The average Bonchev–Trinajstić information content (AvgIpc) is 3.08. The predicted octanol–water partition coefficient (Wildman–Crippen LogP) is 1.16. The van der Waals surface area contributed by atoms with Gasteiger partial charge in [0.25, 0.3) is 5.91 Å². The van der Waals surface area contributed by atoms with Crippen molar-refractivity contribution in [1.29, 1.82) is 0 Å². The van der Waals surface area contributed by atoms with Crippen molar-refractivity contribution < 1.29 is 24.3 Å². The molecule has 1 amide bonds. The molecule has 2 aliphatic rings. The van der Waals surface area contributed by atoms with Crippen molar-refractivity contribution in [2.45, 2.75) is 51.2 Å². The SMILES string of the molecule is CC(C)c1cc(C(=O)N2CCC3(CC2)[C@H](O)C[C@@H]3OCCO)no1. The average molecular weight is 338 g/mol. The molecule has 0 unspecified atom stereocenters. The Balaban J connectivity index is 1.60. The van der Waals surface area contributed by atoms with Crippen LogP contribution in [0.3, 0.4) is 0 Å². The highest BCUT2D eigenvalue weighted by Gasteiger charge is 2.56. The zero-order chi connectivity index (χ0) is 17.3. The lowest BCUT2D eigenvalue weighted by Crippen LogP contribution is -2.62. The second kappa shape index (κ2) is 6.82. The number of aliphatic hydroxyl groups excluding tert-OH is 2. The summed E-state index contributed by atoms with van der Waals surface area (Å²) >= 11 is 0. The minimum Gasteiger partial charge on any atom is -0.394 e. The van der Waals surface area contributed by atoms with Crippen LogP contribution in [0.4, 0.5) is 0 Å². The third kappa shape index (κ3) is 2.96. The molecule has 0 radical (unpaired) electrons. The Morgan fingerprint density at radius 2 is 2.21 bits per heavy atom. The van der Waals surface area contributed by atoms with Gasteiger partial charge in [-0.2, -0.15) is 0 Å². The Morgan fingerprint density at radius 3 is 2.75 bits per heavy atom. The largest absolute Gasteiger partial charge is 0.394 e. The van der Waals surface area contributed by atoms with Gasteiger partial charge in [-0.25, -0.2) is 0 Å². The Bertz CT molecular complexity index is 577. The molecule has 1 aliphatic carbocycles. The van der Waals surface area contributed by atoms with Crippen LogP contribution in [0.25, 0.3) is 0 Å². The van der Waals surface area contributed by atoms with Crippen LogP contribution in [0.5, 0.6) is 0 Å². The number of aromatic nitrogens is 1. The summed E-state index contributed by atoms with van der Waals surface area (Å²) in [5.41, 5.74) is 0.0654. The smallest absolute Gasteiger partial charge is 0.276 e. The molecule has 1 saturated carbocycles. The molecule has 2 heterocycles. The van der Waals surface area contributed by atoms with Gasteiger partial charge in [0, 0.05) is 36.9 Å². The summed E-state index contributed by atoms with van der Waals surface area (Å²) in [5.74, 6) is 0.777. The van der Waals surface area contributed by atoms with E-state index in [4.69, 9.17) is 14.4 Å². The van der Waals surface area contributed by atoms with E-state index in [1.54, 1.807) is 11.0 Å². The number of piperidine rings is 1. The quantitative estimate of drug-likeness (QED) is 0.836. The third-order valence-electron chi connectivity index (χ3n) is 5.45. The number of carbonyl (C=O) groups is 1. The van der Waals surface area contributed by atoms with Crippen molar-refractivity contribution >= 4 is 5.91 Å². The number of hydrogen-bond acceptors (Lipinski definition) is 6. The maximum absolute atomic E-state index is 12.6. The zero-order valence-electron chi connectivity index (χ0n) is 14.3. The fraction of sp³-hybridized carbons (Fsp3) is 0.765. The molecule has 2 N–H and O–H groups in total. The Labute approximate surface area is 141 Å². The molecule has 1 aliphatic heterocycles. The topological polar surface area (TPSA) is 96.0 Å². The summed E-state index contributed by atoms with van der Waals surface area (Å²) in [6.07, 6.45) is 1.58. The molecule has 1 aromatic rings. The lowest BCUT2D eigenvalue weighted by Gasteiger charge is -2.56. The van der Waals surface area contributed by atoms with Crippen LogP contribution in [-0.2, 0) is 4.74 Å². The van der Waals surface area contributed by atoms with Crippen LogP contribution in [0.1, 0.15) is 55.3 Å². The van der Waals surface area contributed by atoms with Gasteiger partial charge in [-0.1, -0.05) is 19.0 Å². The van der Waals surface area contributed by atoms with E-state index in [1.807, 2.05) is 13.8 Å². The number of rotatable bonds is 5. The van der Waals surface area contributed by atoms with E-state index >= 15 is 0 Å². The summed E-state index contributed by atoms with van der Waals surface area (Å²) in [7, 11) is 0. The van der Waals surface area contributed by atoms with E-state index < -0.39 is 6.10 Å². The standard InChI is InChI=1S/C17H26N2O5/c1-11(2)13-9-12(18-24-13)16(22)19-5-3-17(4-6-19)14(21)10-15(17)23-8-7-20/h9,11,14-15,20-21H,3-8,10H2,1-2H3/t14-,15+/m1/s1. The minimum atomic E-state index is -0.391. The van der Waals surface area contributed by atoms with Crippen LogP contribution < -0.4 is 0 Å². The molecule has 7 heteroatoms. The lowest BCUT2D eigenvalue weighted by atomic mass is 9.58. The lowest BCUT2D eigenvalue weighted by molar-refractivity contribution is -0.211. The van der Waals surface area contributed by atoms with E-state index in [-0.39, 0.29) is 30.0 Å². The highest BCUT2D eigenvalue weighted by atomic mass is 16.5. The van der Waals surface area contributed by atoms with Gasteiger partial charge in [-0.3, -0.25) is 4.79 Å². The Hall–Kier alpha value is -1.44.